The van der Waals surface area contributed by atoms with Gasteiger partial charge in [-0.15, -0.1) is 0 Å². The molecule has 1 saturated heterocycles. The van der Waals surface area contributed by atoms with E-state index >= 15 is 0 Å². The molecule has 1 aromatic carbocycles. The number of amides is 1. The molecule has 0 radical (unpaired) electrons. The summed E-state index contributed by atoms with van der Waals surface area (Å²) in [5.74, 6) is 0.656. The summed E-state index contributed by atoms with van der Waals surface area (Å²) in [6.45, 7) is 8.32. The predicted molar refractivity (Wildman–Crippen MR) is 128 cm³/mol. The number of pyridine rings is 1. The fraction of sp³-hybridized carbons (Fsp3) is 0.370. The molecule has 2 aromatic heterocycles. The highest BCUT2D eigenvalue weighted by Crippen LogP contribution is 2.39. The minimum Gasteiger partial charge on any atom is -0.472 e. The lowest BCUT2D eigenvalue weighted by atomic mass is 9.86. The SMILES string of the molecule is CC1CN(c2nc(-c3ccccc3)c3c(c2C#N)CC(C)(C)OC3)CCN1C(=O)c1ccoc1. The summed E-state index contributed by atoms with van der Waals surface area (Å²) in [5, 5.41) is 10.2. The molecule has 174 valence electrons. The van der Waals surface area contributed by atoms with E-state index in [9.17, 15) is 10.1 Å². The number of aromatic nitrogens is 1. The Morgan fingerprint density at radius 2 is 1.97 bits per heavy atom. The fourth-order valence-electron chi connectivity index (χ4n) is 4.94. The van der Waals surface area contributed by atoms with Crippen molar-refractivity contribution in [3.63, 3.8) is 0 Å². The average molecular weight is 457 g/mol. The summed E-state index contributed by atoms with van der Waals surface area (Å²) < 4.78 is 11.2. The first kappa shape index (κ1) is 22.2. The number of nitriles is 1. The molecule has 1 unspecified atom stereocenters. The first-order valence-corrected chi connectivity index (χ1v) is 11.6. The monoisotopic (exact) mass is 456 g/mol. The highest BCUT2D eigenvalue weighted by atomic mass is 16.5. The fourth-order valence-corrected chi connectivity index (χ4v) is 4.94. The van der Waals surface area contributed by atoms with Crippen LogP contribution in [0, 0.1) is 11.3 Å². The second kappa shape index (κ2) is 8.62. The van der Waals surface area contributed by atoms with E-state index in [0.29, 0.717) is 49.6 Å². The van der Waals surface area contributed by atoms with E-state index in [1.807, 2.05) is 42.2 Å². The van der Waals surface area contributed by atoms with Crippen LogP contribution in [0.15, 0.2) is 53.3 Å². The maximum atomic E-state index is 12.9. The van der Waals surface area contributed by atoms with Crippen LogP contribution >= 0.6 is 0 Å². The van der Waals surface area contributed by atoms with Crippen molar-refractivity contribution in [2.75, 3.05) is 24.5 Å². The van der Waals surface area contributed by atoms with Crippen molar-refractivity contribution in [3.05, 3.63) is 71.2 Å². The third-order valence-electron chi connectivity index (χ3n) is 6.72. The number of carbonyl (C=O) groups excluding carboxylic acids is 1. The lowest BCUT2D eigenvalue weighted by Crippen LogP contribution is -2.54. The quantitative estimate of drug-likeness (QED) is 0.580. The van der Waals surface area contributed by atoms with Crippen molar-refractivity contribution in [3.8, 4) is 17.3 Å². The van der Waals surface area contributed by atoms with Crippen LogP contribution in [0.2, 0.25) is 0 Å². The molecule has 0 N–H and O–H groups in total. The number of nitrogens with zero attached hydrogens (tertiary/aromatic N) is 4. The van der Waals surface area contributed by atoms with Gasteiger partial charge in [0.15, 0.2) is 0 Å². The highest BCUT2D eigenvalue weighted by Gasteiger charge is 2.35. The zero-order chi connectivity index (χ0) is 23.9. The Morgan fingerprint density at radius 3 is 2.65 bits per heavy atom. The molecule has 1 fully saturated rings. The van der Waals surface area contributed by atoms with Crippen LogP contribution in [0.4, 0.5) is 5.82 Å². The maximum absolute atomic E-state index is 12.9. The number of fused-ring (bicyclic) bond motifs is 1. The van der Waals surface area contributed by atoms with Gasteiger partial charge in [-0.2, -0.15) is 5.26 Å². The third-order valence-corrected chi connectivity index (χ3v) is 6.72. The minimum atomic E-state index is -0.353. The van der Waals surface area contributed by atoms with E-state index in [1.54, 1.807) is 6.07 Å². The molecule has 0 bridgehead atoms. The lowest BCUT2D eigenvalue weighted by Gasteiger charge is -2.41. The van der Waals surface area contributed by atoms with Gasteiger partial charge in [-0.3, -0.25) is 4.79 Å². The van der Waals surface area contributed by atoms with Gasteiger partial charge in [0.05, 0.1) is 35.3 Å². The molecule has 34 heavy (non-hydrogen) atoms. The number of ether oxygens (including phenoxy) is 1. The largest absolute Gasteiger partial charge is 0.472 e. The van der Waals surface area contributed by atoms with Crippen molar-refractivity contribution in [2.45, 2.75) is 45.4 Å². The van der Waals surface area contributed by atoms with Gasteiger partial charge in [0, 0.05) is 43.2 Å². The first-order chi connectivity index (χ1) is 16.4. The van der Waals surface area contributed by atoms with Gasteiger partial charge in [0.2, 0.25) is 0 Å². The molecule has 7 heteroatoms. The Labute approximate surface area is 199 Å². The number of hydrogen-bond acceptors (Lipinski definition) is 6. The Bertz CT molecular complexity index is 1250. The Morgan fingerprint density at radius 1 is 1.18 bits per heavy atom. The van der Waals surface area contributed by atoms with Gasteiger partial charge in [-0.25, -0.2) is 4.98 Å². The molecular formula is C27H28N4O3. The molecule has 0 spiro atoms. The van der Waals surface area contributed by atoms with Crippen molar-refractivity contribution < 1.29 is 13.9 Å². The van der Waals surface area contributed by atoms with Crippen LogP contribution in [0.25, 0.3) is 11.3 Å². The molecule has 4 heterocycles. The summed E-state index contributed by atoms with van der Waals surface area (Å²) in [5.41, 5.74) is 4.71. The second-order valence-electron chi connectivity index (χ2n) is 9.62. The zero-order valence-corrected chi connectivity index (χ0v) is 19.7. The zero-order valence-electron chi connectivity index (χ0n) is 19.7. The molecule has 2 aliphatic heterocycles. The Kier molecular flexibility index (Phi) is 5.62. The standard InChI is InChI=1S/C27H28N4O3/c1-18-15-30(10-11-31(18)26(32)20-9-12-33-16-20)25-22(14-28)21-13-27(2,3)34-17-23(21)24(29-25)19-7-5-4-6-8-19/h4-9,12,16,18H,10-11,13,15,17H2,1-3H3. The van der Waals surface area contributed by atoms with E-state index in [4.69, 9.17) is 14.1 Å². The Balaban J connectivity index is 1.54. The predicted octanol–water partition coefficient (Wildman–Crippen LogP) is 4.42. The van der Waals surface area contributed by atoms with E-state index in [-0.39, 0.29) is 17.6 Å². The van der Waals surface area contributed by atoms with Crippen LogP contribution in [0.1, 0.15) is 47.8 Å². The van der Waals surface area contributed by atoms with Gasteiger partial charge >= 0.3 is 0 Å². The van der Waals surface area contributed by atoms with Gasteiger partial charge < -0.3 is 19.0 Å². The smallest absolute Gasteiger partial charge is 0.257 e. The lowest BCUT2D eigenvalue weighted by molar-refractivity contribution is -0.0400. The van der Waals surface area contributed by atoms with Crippen LogP contribution in [-0.2, 0) is 17.8 Å². The minimum absolute atomic E-state index is 0.0383. The molecule has 3 aromatic rings. The van der Waals surface area contributed by atoms with Gasteiger partial charge in [0.25, 0.3) is 5.91 Å². The first-order valence-electron chi connectivity index (χ1n) is 11.6. The number of benzene rings is 1. The van der Waals surface area contributed by atoms with E-state index in [1.165, 1.54) is 12.5 Å². The molecule has 1 amide bonds. The van der Waals surface area contributed by atoms with Crippen LogP contribution in [0.3, 0.4) is 0 Å². The normalized spacial score (nSPS) is 19.4. The molecule has 1 atom stereocenters. The highest BCUT2D eigenvalue weighted by molar-refractivity contribution is 5.94. The van der Waals surface area contributed by atoms with Crippen molar-refractivity contribution in [2.24, 2.45) is 0 Å². The number of anilines is 1. The van der Waals surface area contributed by atoms with E-state index < -0.39 is 0 Å². The van der Waals surface area contributed by atoms with Crippen molar-refractivity contribution in [1.29, 1.82) is 5.26 Å². The van der Waals surface area contributed by atoms with Crippen molar-refractivity contribution >= 4 is 11.7 Å². The summed E-state index contributed by atoms with van der Waals surface area (Å²) in [7, 11) is 0. The van der Waals surface area contributed by atoms with Crippen LogP contribution < -0.4 is 4.90 Å². The van der Waals surface area contributed by atoms with Gasteiger partial charge in [0.1, 0.15) is 18.2 Å². The van der Waals surface area contributed by atoms with Crippen molar-refractivity contribution in [1.82, 2.24) is 9.88 Å². The molecule has 5 rings (SSSR count). The molecule has 7 nitrogen and oxygen atoms in total. The number of rotatable bonds is 3. The summed E-state index contributed by atoms with van der Waals surface area (Å²) in [6, 6.07) is 14.2. The van der Waals surface area contributed by atoms with E-state index in [2.05, 4.69) is 24.8 Å². The third kappa shape index (κ3) is 3.95. The molecular weight excluding hydrogens is 428 g/mol. The second-order valence-corrected chi connectivity index (χ2v) is 9.62. The number of hydrogen-bond donors (Lipinski definition) is 0. The van der Waals surface area contributed by atoms with Crippen LogP contribution in [-0.4, -0.2) is 47.1 Å². The molecule has 0 saturated carbocycles. The molecule has 0 aliphatic carbocycles. The van der Waals surface area contributed by atoms with Gasteiger partial charge in [-0.1, -0.05) is 30.3 Å². The maximum Gasteiger partial charge on any atom is 0.257 e. The topological polar surface area (TPSA) is 82.6 Å². The number of piperazine rings is 1. The van der Waals surface area contributed by atoms with Crippen LogP contribution in [0.5, 0.6) is 0 Å². The summed E-state index contributed by atoms with van der Waals surface area (Å²) in [6.07, 6.45) is 3.64. The summed E-state index contributed by atoms with van der Waals surface area (Å²) in [4.78, 5) is 22.0. The van der Waals surface area contributed by atoms with E-state index in [0.717, 1.165) is 22.4 Å². The average Bonchev–Trinajstić information content (AvgIpc) is 3.37. The summed E-state index contributed by atoms with van der Waals surface area (Å²) >= 11 is 0. The number of furan rings is 1. The Hall–Kier alpha value is -3.63. The van der Waals surface area contributed by atoms with Gasteiger partial charge in [-0.05, 0) is 32.4 Å². The number of carbonyl (C=O) groups is 1. The molecule has 2 aliphatic rings.